The maximum absolute atomic E-state index is 12.8. The van der Waals surface area contributed by atoms with E-state index >= 15 is 0 Å². The molecule has 1 aliphatic rings. The maximum atomic E-state index is 12.8. The minimum Gasteiger partial charge on any atom is -0.496 e. The third-order valence-electron chi connectivity index (χ3n) is 7.67. The molecule has 10 nitrogen and oxygen atoms in total. The zero-order valence-corrected chi connectivity index (χ0v) is 27.7. The van der Waals surface area contributed by atoms with Gasteiger partial charge < -0.3 is 23.8 Å². The summed E-state index contributed by atoms with van der Waals surface area (Å²) in [7, 11) is 1.69. The van der Waals surface area contributed by atoms with Gasteiger partial charge in [-0.05, 0) is 80.1 Å². The summed E-state index contributed by atoms with van der Waals surface area (Å²) in [5, 5.41) is 13.0. The van der Waals surface area contributed by atoms with Crippen molar-refractivity contribution in [3.8, 4) is 39.8 Å². The molecule has 1 aromatic heterocycles. The zero-order valence-electron chi connectivity index (χ0n) is 27.7. The van der Waals surface area contributed by atoms with E-state index in [4.69, 9.17) is 18.9 Å². The lowest BCUT2D eigenvalue weighted by molar-refractivity contribution is 0.0288. The fourth-order valence-corrected chi connectivity index (χ4v) is 5.18. The third kappa shape index (κ3) is 8.01. The second-order valence-corrected chi connectivity index (χ2v) is 12.7. The number of amides is 1. The van der Waals surface area contributed by atoms with Gasteiger partial charge in [0.2, 0.25) is 0 Å². The molecule has 4 rings (SSSR count). The molecule has 0 aliphatic carbocycles. The first kappa shape index (κ1) is 33.1. The SMILES string of the molecule is CCCCOc1cc(OCCCC)c(-c2nnnn2C2CCN(C(=O)OC(C)(C)C)C2)cc1-c1cc(C(C)C)ccc1OC. The van der Waals surface area contributed by atoms with Gasteiger partial charge in [-0.2, -0.15) is 0 Å². The predicted octanol–water partition coefficient (Wildman–Crippen LogP) is 7.68. The van der Waals surface area contributed by atoms with E-state index in [1.54, 1.807) is 12.0 Å². The molecule has 0 spiro atoms. The lowest BCUT2D eigenvalue weighted by Gasteiger charge is -2.24. The Labute approximate surface area is 262 Å². The highest BCUT2D eigenvalue weighted by atomic mass is 16.6. The van der Waals surface area contributed by atoms with Crippen molar-refractivity contribution in [3.63, 3.8) is 0 Å². The van der Waals surface area contributed by atoms with Crippen molar-refractivity contribution in [2.24, 2.45) is 0 Å². The van der Waals surface area contributed by atoms with Gasteiger partial charge in [0.25, 0.3) is 0 Å². The van der Waals surface area contributed by atoms with Crippen molar-refractivity contribution >= 4 is 6.09 Å². The van der Waals surface area contributed by atoms with Crippen LogP contribution in [0.2, 0.25) is 0 Å². The van der Waals surface area contributed by atoms with Crippen molar-refractivity contribution in [2.75, 3.05) is 33.4 Å². The van der Waals surface area contributed by atoms with Gasteiger partial charge in [-0.15, -0.1) is 5.10 Å². The summed E-state index contributed by atoms with van der Waals surface area (Å²) in [4.78, 5) is 14.5. The summed E-state index contributed by atoms with van der Waals surface area (Å²) in [5.74, 6) is 3.05. The van der Waals surface area contributed by atoms with E-state index in [9.17, 15) is 4.79 Å². The van der Waals surface area contributed by atoms with Crippen molar-refractivity contribution in [3.05, 3.63) is 35.9 Å². The molecule has 2 heterocycles. The number of tetrazole rings is 1. The molecule has 1 unspecified atom stereocenters. The zero-order chi connectivity index (χ0) is 31.9. The van der Waals surface area contributed by atoms with Crippen LogP contribution in [-0.2, 0) is 4.74 Å². The summed E-state index contributed by atoms with van der Waals surface area (Å²) in [5.41, 5.74) is 3.21. The number of hydrogen-bond donors (Lipinski definition) is 0. The number of likely N-dealkylation sites (tertiary alicyclic amines) is 1. The topological polar surface area (TPSA) is 101 Å². The second kappa shape index (κ2) is 14.8. The van der Waals surface area contributed by atoms with Gasteiger partial charge in [0, 0.05) is 30.3 Å². The molecule has 10 heteroatoms. The van der Waals surface area contributed by atoms with E-state index < -0.39 is 5.60 Å². The number of carbonyl (C=O) groups is 1. The van der Waals surface area contributed by atoms with Crippen LogP contribution in [0.3, 0.4) is 0 Å². The lowest BCUT2D eigenvalue weighted by atomic mass is 9.94. The fourth-order valence-electron chi connectivity index (χ4n) is 5.18. The van der Waals surface area contributed by atoms with Gasteiger partial charge in [-0.25, -0.2) is 9.48 Å². The molecule has 0 saturated carbocycles. The summed E-state index contributed by atoms with van der Waals surface area (Å²) in [6.45, 7) is 16.4. The normalized spacial score (nSPS) is 15.1. The van der Waals surface area contributed by atoms with Crippen LogP contribution in [0.5, 0.6) is 17.2 Å². The van der Waals surface area contributed by atoms with Gasteiger partial charge >= 0.3 is 6.09 Å². The first-order valence-electron chi connectivity index (χ1n) is 15.9. The van der Waals surface area contributed by atoms with Crippen LogP contribution >= 0.6 is 0 Å². The average molecular weight is 608 g/mol. The Morgan fingerprint density at radius 1 is 0.955 bits per heavy atom. The number of unbranched alkanes of at least 4 members (excludes halogenated alkanes) is 2. The minimum absolute atomic E-state index is 0.112. The molecule has 1 aliphatic heterocycles. The van der Waals surface area contributed by atoms with Crippen LogP contribution in [-0.4, -0.2) is 70.2 Å². The Balaban J connectivity index is 1.82. The van der Waals surface area contributed by atoms with E-state index in [1.807, 2.05) is 37.6 Å². The summed E-state index contributed by atoms with van der Waals surface area (Å²) in [6, 6.07) is 10.2. The van der Waals surface area contributed by atoms with Gasteiger partial charge in [0.1, 0.15) is 22.8 Å². The van der Waals surface area contributed by atoms with Crippen LogP contribution in [0.25, 0.3) is 22.5 Å². The standard InChI is InChI=1S/C34H49N5O5/c1-9-11-17-42-30-21-31(43-18-12-10-2)28(20-27(30)26-19-24(23(3)4)13-14-29(26)41-8)32-35-36-37-39(32)25-15-16-38(22-25)33(40)44-34(5,6)7/h13-14,19-21,23,25H,9-12,15-18,22H2,1-8H3. The van der Waals surface area contributed by atoms with Crippen molar-refractivity contribution in [1.82, 2.24) is 25.1 Å². The molecule has 1 fully saturated rings. The molecular formula is C34H49N5O5. The summed E-state index contributed by atoms with van der Waals surface area (Å²) in [6.07, 6.45) is 4.26. The average Bonchev–Trinajstić information content (AvgIpc) is 3.67. The first-order valence-corrected chi connectivity index (χ1v) is 15.9. The molecule has 44 heavy (non-hydrogen) atoms. The quantitative estimate of drug-likeness (QED) is 0.182. The molecule has 0 radical (unpaired) electrons. The molecule has 2 aromatic carbocycles. The molecular weight excluding hydrogens is 558 g/mol. The van der Waals surface area contributed by atoms with Gasteiger partial charge in [0.15, 0.2) is 5.82 Å². The van der Waals surface area contributed by atoms with E-state index in [2.05, 4.69) is 61.4 Å². The largest absolute Gasteiger partial charge is 0.496 e. The second-order valence-electron chi connectivity index (χ2n) is 12.7. The number of aromatic nitrogens is 4. The van der Waals surface area contributed by atoms with Crippen LogP contribution < -0.4 is 14.2 Å². The van der Waals surface area contributed by atoms with E-state index in [0.717, 1.165) is 53.9 Å². The maximum Gasteiger partial charge on any atom is 0.410 e. The smallest absolute Gasteiger partial charge is 0.410 e. The van der Waals surface area contributed by atoms with Gasteiger partial charge in [-0.3, -0.25) is 0 Å². The molecule has 1 atom stereocenters. The fraction of sp³-hybridized carbons (Fsp3) is 0.588. The molecule has 1 amide bonds. The van der Waals surface area contributed by atoms with Crippen molar-refractivity contribution < 1.29 is 23.7 Å². The Bertz CT molecular complexity index is 1400. The number of hydrogen-bond acceptors (Lipinski definition) is 8. The van der Waals surface area contributed by atoms with E-state index in [-0.39, 0.29) is 12.1 Å². The third-order valence-corrected chi connectivity index (χ3v) is 7.67. The molecule has 0 N–H and O–H groups in total. The van der Waals surface area contributed by atoms with Gasteiger partial charge in [-0.1, -0.05) is 46.6 Å². The predicted molar refractivity (Wildman–Crippen MR) is 172 cm³/mol. The number of benzene rings is 2. The highest BCUT2D eigenvalue weighted by Gasteiger charge is 2.33. The molecule has 0 bridgehead atoms. The number of rotatable bonds is 13. The van der Waals surface area contributed by atoms with Crippen molar-refractivity contribution in [1.29, 1.82) is 0 Å². The van der Waals surface area contributed by atoms with Crippen LogP contribution in [0, 0.1) is 0 Å². The Kier molecular flexibility index (Phi) is 11.1. The number of ether oxygens (including phenoxy) is 4. The highest BCUT2D eigenvalue weighted by molar-refractivity contribution is 5.83. The van der Waals surface area contributed by atoms with E-state index in [1.165, 1.54) is 5.56 Å². The summed E-state index contributed by atoms with van der Waals surface area (Å²) < 4.78 is 26.1. The van der Waals surface area contributed by atoms with Crippen LogP contribution in [0.1, 0.15) is 98.1 Å². The van der Waals surface area contributed by atoms with Gasteiger partial charge in [0.05, 0.1) is 31.9 Å². The highest BCUT2D eigenvalue weighted by Crippen LogP contribution is 2.45. The summed E-state index contributed by atoms with van der Waals surface area (Å²) >= 11 is 0. The molecule has 1 saturated heterocycles. The lowest BCUT2D eigenvalue weighted by Crippen LogP contribution is -2.35. The number of nitrogens with zero attached hydrogens (tertiary/aromatic N) is 5. The Morgan fingerprint density at radius 3 is 2.23 bits per heavy atom. The monoisotopic (exact) mass is 607 g/mol. The first-order chi connectivity index (χ1) is 21.1. The molecule has 240 valence electrons. The molecule has 3 aromatic rings. The van der Waals surface area contributed by atoms with Crippen molar-refractivity contribution in [2.45, 2.75) is 98.1 Å². The minimum atomic E-state index is -0.564. The van der Waals surface area contributed by atoms with Crippen LogP contribution in [0.4, 0.5) is 4.79 Å². The Morgan fingerprint density at radius 2 is 1.61 bits per heavy atom. The van der Waals surface area contributed by atoms with Crippen LogP contribution in [0.15, 0.2) is 30.3 Å². The number of carbonyl (C=O) groups excluding carboxylic acids is 1. The Hall–Kier alpha value is -3.82. The number of methoxy groups -OCH3 is 1. The van der Waals surface area contributed by atoms with E-state index in [0.29, 0.717) is 50.2 Å².